The average Bonchev–Trinajstić information content (AvgIpc) is 3.64. The standard InChI is InChI=1S/C36H33F2N5O7S/c1-7-51(47,48)41-25-17-29-23(30(33(44)39-5)32(49-29)19-11-13-20(37)14-12-19)15-22(25)26-18-42(6)34(45)31(40-26)28-16-21-24(38)9-8-10-27(21)43(28)35(46)50-36(2,3)4/h8-18,41H,7H2,1-6H3,(H,39,44). The van der Waals surface area contributed by atoms with Gasteiger partial charge in [0.2, 0.25) is 10.0 Å². The number of aromatic nitrogens is 3. The first kappa shape index (κ1) is 35.0. The van der Waals surface area contributed by atoms with Crippen LogP contribution in [-0.4, -0.2) is 52.9 Å². The molecule has 12 nitrogen and oxygen atoms in total. The maximum absolute atomic E-state index is 15.1. The number of ether oxygens (including phenoxy) is 1. The third kappa shape index (κ3) is 6.59. The Morgan fingerprint density at radius 3 is 2.37 bits per heavy atom. The van der Waals surface area contributed by atoms with Crippen molar-refractivity contribution >= 4 is 49.6 Å². The van der Waals surface area contributed by atoms with Crippen molar-refractivity contribution in [2.24, 2.45) is 7.05 Å². The second-order valence-electron chi connectivity index (χ2n) is 12.7. The van der Waals surface area contributed by atoms with Crippen molar-refractivity contribution in [3.63, 3.8) is 0 Å². The number of aryl methyl sites for hydroxylation is 1. The van der Waals surface area contributed by atoms with Crippen molar-refractivity contribution in [1.82, 2.24) is 19.4 Å². The number of benzene rings is 3. The number of halogens is 2. The Balaban J connectivity index is 1.66. The smallest absolute Gasteiger partial charge is 0.419 e. The SMILES string of the molecule is CCS(=O)(=O)Nc1cc2oc(-c3ccc(F)cc3)c(C(=O)NC)c2cc1-c1cn(C)c(=O)c(-c2cc3c(F)cccc3n2C(=O)OC(C)(C)C)n1. The van der Waals surface area contributed by atoms with Crippen LogP contribution in [0.5, 0.6) is 0 Å². The monoisotopic (exact) mass is 717 g/mol. The number of hydrogen-bond donors (Lipinski definition) is 2. The number of fused-ring (bicyclic) bond motifs is 2. The summed E-state index contributed by atoms with van der Waals surface area (Å²) in [6.45, 7) is 6.43. The van der Waals surface area contributed by atoms with Crippen LogP contribution in [0.3, 0.4) is 0 Å². The van der Waals surface area contributed by atoms with E-state index in [2.05, 4.69) is 15.0 Å². The molecule has 2 N–H and O–H groups in total. The van der Waals surface area contributed by atoms with Gasteiger partial charge in [-0.1, -0.05) is 6.07 Å². The fourth-order valence-electron chi connectivity index (χ4n) is 5.61. The molecule has 6 aromatic rings. The number of sulfonamides is 1. The molecule has 3 aromatic heterocycles. The van der Waals surface area contributed by atoms with Crippen LogP contribution in [0.2, 0.25) is 0 Å². The molecule has 0 radical (unpaired) electrons. The first-order chi connectivity index (χ1) is 24.0. The Kier molecular flexibility index (Phi) is 8.79. The fraction of sp³-hybridized carbons (Fsp3) is 0.222. The summed E-state index contributed by atoms with van der Waals surface area (Å²) in [5, 5.41) is 2.87. The van der Waals surface area contributed by atoms with Crippen LogP contribution in [0.15, 0.2) is 76.1 Å². The highest BCUT2D eigenvalue weighted by molar-refractivity contribution is 7.92. The molecule has 0 aliphatic rings. The molecular formula is C36H33F2N5O7S. The third-order valence-electron chi connectivity index (χ3n) is 7.99. The Bertz CT molecular complexity index is 2550. The quantitative estimate of drug-likeness (QED) is 0.186. The van der Waals surface area contributed by atoms with Gasteiger partial charge in [-0.05, 0) is 76.2 Å². The lowest BCUT2D eigenvalue weighted by Crippen LogP contribution is -2.29. The molecule has 0 aliphatic heterocycles. The Morgan fingerprint density at radius 1 is 1.02 bits per heavy atom. The maximum atomic E-state index is 15.1. The number of nitrogens with zero attached hydrogens (tertiary/aromatic N) is 3. The van der Waals surface area contributed by atoms with Gasteiger partial charge < -0.3 is 19.0 Å². The van der Waals surface area contributed by atoms with E-state index in [9.17, 15) is 27.2 Å². The van der Waals surface area contributed by atoms with Crippen LogP contribution in [-0.2, 0) is 21.8 Å². The van der Waals surface area contributed by atoms with Gasteiger partial charge in [0.1, 0.15) is 28.6 Å². The van der Waals surface area contributed by atoms with Gasteiger partial charge in [-0.3, -0.25) is 14.3 Å². The Hall–Kier alpha value is -5.83. The normalized spacial score (nSPS) is 12.0. The second-order valence-corrected chi connectivity index (χ2v) is 14.7. The molecular weight excluding hydrogens is 684 g/mol. The van der Waals surface area contributed by atoms with Crippen LogP contribution in [0.25, 0.3) is 55.8 Å². The molecule has 0 fully saturated rings. The van der Waals surface area contributed by atoms with E-state index in [-0.39, 0.29) is 67.3 Å². The molecule has 0 bridgehead atoms. The van der Waals surface area contributed by atoms with Gasteiger partial charge in [0, 0.05) is 48.3 Å². The Labute approximate surface area is 290 Å². The zero-order valence-electron chi connectivity index (χ0n) is 28.4. The van der Waals surface area contributed by atoms with E-state index >= 15 is 4.39 Å². The number of carbonyl (C=O) groups is 2. The van der Waals surface area contributed by atoms with Gasteiger partial charge >= 0.3 is 6.09 Å². The van der Waals surface area contributed by atoms with E-state index in [1.807, 2.05) is 0 Å². The van der Waals surface area contributed by atoms with Crippen LogP contribution in [0, 0.1) is 11.6 Å². The lowest BCUT2D eigenvalue weighted by Gasteiger charge is -2.21. The molecule has 0 spiro atoms. The molecule has 0 saturated heterocycles. The molecule has 264 valence electrons. The van der Waals surface area contributed by atoms with E-state index in [0.717, 1.165) is 4.57 Å². The van der Waals surface area contributed by atoms with E-state index in [4.69, 9.17) is 9.15 Å². The van der Waals surface area contributed by atoms with Crippen molar-refractivity contribution in [2.45, 2.75) is 33.3 Å². The number of amides is 1. The van der Waals surface area contributed by atoms with Gasteiger partial charge in [0.25, 0.3) is 11.5 Å². The van der Waals surface area contributed by atoms with Gasteiger partial charge in [-0.2, -0.15) is 0 Å². The molecule has 0 saturated carbocycles. The fourth-order valence-corrected chi connectivity index (χ4v) is 6.26. The first-order valence-electron chi connectivity index (χ1n) is 15.7. The highest BCUT2D eigenvalue weighted by Crippen LogP contribution is 2.40. The minimum atomic E-state index is -3.91. The minimum Gasteiger partial charge on any atom is -0.455 e. The summed E-state index contributed by atoms with van der Waals surface area (Å²) in [4.78, 5) is 45.3. The van der Waals surface area contributed by atoms with Gasteiger partial charge in [0.05, 0.1) is 33.9 Å². The summed E-state index contributed by atoms with van der Waals surface area (Å²) in [6, 6.07) is 13.6. The van der Waals surface area contributed by atoms with Gasteiger partial charge in [0.15, 0.2) is 5.69 Å². The molecule has 0 unspecified atom stereocenters. The average molecular weight is 718 g/mol. The second kappa shape index (κ2) is 12.8. The van der Waals surface area contributed by atoms with E-state index in [1.165, 1.54) is 92.4 Å². The largest absolute Gasteiger partial charge is 0.455 e. The van der Waals surface area contributed by atoms with E-state index in [1.54, 1.807) is 20.8 Å². The first-order valence-corrected chi connectivity index (χ1v) is 17.4. The van der Waals surface area contributed by atoms with Crippen molar-refractivity contribution < 1.29 is 35.9 Å². The summed E-state index contributed by atoms with van der Waals surface area (Å²) < 4.78 is 71.3. The zero-order valence-corrected chi connectivity index (χ0v) is 29.2. The summed E-state index contributed by atoms with van der Waals surface area (Å²) >= 11 is 0. The number of anilines is 1. The summed E-state index contributed by atoms with van der Waals surface area (Å²) in [6.07, 6.45) is 0.477. The predicted octanol–water partition coefficient (Wildman–Crippen LogP) is 6.66. The molecule has 3 heterocycles. The Morgan fingerprint density at radius 2 is 1.73 bits per heavy atom. The maximum Gasteiger partial charge on any atom is 0.419 e. The zero-order chi connectivity index (χ0) is 37.0. The summed E-state index contributed by atoms with van der Waals surface area (Å²) in [5.41, 5.74) is -1.04. The van der Waals surface area contributed by atoms with Crippen molar-refractivity contribution in [3.05, 3.63) is 94.4 Å². The minimum absolute atomic E-state index is 0.00282. The number of nitrogens with one attached hydrogen (secondary N) is 2. The lowest BCUT2D eigenvalue weighted by molar-refractivity contribution is 0.0546. The van der Waals surface area contributed by atoms with Crippen molar-refractivity contribution in [2.75, 3.05) is 17.5 Å². The molecule has 6 rings (SSSR count). The summed E-state index contributed by atoms with van der Waals surface area (Å²) in [5.74, 6) is -1.88. The van der Waals surface area contributed by atoms with E-state index < -0.39 is 44.8 Å². The number of carbonyl (C=O) groups excluding carboxylic acids is 2. The number of hydrogen-bond acceptors (Lipinski definition) is 8. The highest BCUT2D eigenvalue weighted by atomic mass is 32.2. The molecule has 0 aliphatic carbocycles. The molecule has 1 amide bonds. The van der Waals surface area contributed by atoms with Crippen LogP contribution < -0.4 is 15.6 Å². The predicted molar refractivity (Wildman–Crippen MR) is 189 cm³/mol. The van der Waals surface area contributed by atoms with E-state index in [0.29, 0.717) is 5.56 Å². The topological polar surface area (TPSA) is 155 Å². The van der Waals surface area contributed by atoms with Gasteiger partial charge in [-0.25, -0.2) is 31.5 Å². The lowest BCUT2D eigenvalue weighted by atomic mass is 10.0. The van der Waals surface area contributed by atoms with Crippen molar-refractivity contribution in [3.8, 4) is 34.0 Å². The summed E-state index contributed by atoms with van der Waals surface area (Å²) in [7, 11) is -1.05. The molecule has 3 aromatic carbocycles. The van der Waals surface area contributed by atoms with Crippen LogP contribution >= 0.6 is 0 Å². The van der Waals surface area contributed by atoms with Crippen LogP contribution in [0.1, 0.15) is 38.1 Å². The van der Waals surface area contributed by atoms with Crippen molar-refractivity contribution in [1.29, 1.82) is 0 Å². The molecule has 51 heavy (non-hydrogen) atoms. The number of rotatable bonds is 7. The third-order valence-corrected chi connectivity index (χ3v) is 9.28. The van der Waals surface area contributed by atoms with Crippen LogP contribution in [0.4, 0.5) is 19.3 Å². The highest BCUT2D eigenvalue weighted by Gasteiger charge is 2.28. The molecule has 0 atom stereocenters. The number of furan rings is 1. The molecule has 15 heteroatoms. The van der Waals surface area contributed by atoms with Gasteiger partial charge in [-0.15, -0.1) is 0 Å².